The van der Waals surface area contributed by atoms with Crippen molar-refractivity contribution >= 4 is 15.9 Å². The summed E-state index contributed by atoms with van der Waals surface area (Å²) in [6.07, 6.45) is 0.611. The molecule has 1 amide bonds. The van der Waals surface area contributed by atoms with Crippen LogP contribution in [0.1, 0.15) is 31.7 Å². The Bertz CT molecular complexity index is 694. The maximum atomic E-state index is 12.9. The molecule has 142 valence electrons. The third-order valence-corrected chi connectivity index (χ3v) is 6.78. The lowest BCUT2D eigenvalue weighted by Gasteiger charge is -2.26. The molecule has 25 heavy (non-hydrogen) atoms. The second-order valence-corrected chi connectivity index (χ2v) is 8.68. The molecule has 0 aliphatic carbocycles. The van der Waals surface area contributed by atoms with E-state index >= 15 is 0 Å². The van der Waals surface area contributed by atoms with Gasteiger partial charge >= 0.3 is 0 Å². The highest BCUT2D eigenvalue weighted by Crippen LogP contribution is 2.24. The van der Waals surface area contributed by atoms with Gasteiger partial charge in [0.25, 0.3) is 0 Å². The molecule has 0 aromatic carbocycles. The number of aryl methyl sites for hydroxylation is 2. The van der Waals surface area contributed by atoms with Crippen molar-refractivity contribution in [3.05, 3.63) is 11.5 Å². The van der Waals surface area contributed by atoms with Crippen LogP contribution in [0.5, 0.6) is 0 Å². The molecule has 0 spiro atoms. The van der Waals surface area contributed by atoms with Gasteiger partial charge in [0, 0.05) is 32.2 Å². The molecule has 1 aromatic rings. The average Bonchev–Trinajstić information content (AvgIpc) is 2.75. The normalized spacial score (nSPS) is 17.3. The van der Waals surface area contributed by atoms with Crippen molar-refractivity contribution in [2.75, 3.05) is 39.8 Å². The molecular weight excluding hydrogens is 344 g/mol. The number of aromatic nitrogens is 1. The van der Waals surface area contributed by atoms with Crippen LogP contribution in [0.2, 0.25) is 0 Å². The van der Waals surface area contributed by atoms with Crippen molar-refractivity contribution in [3.63, 3.8) is 0 Å². The van der Waals surface area contributed by atoms with E-state index in [4.69, 9.17) is 4.52 Å². The van der Waals surface area contributed by atoms with Crippen molar-refractivity contribution in [2.24, 2.45) is 0 Å². The first-order valence-corrected chi connectivity index (χ1v) is 9.99. The van der Waals surface area contributed by atoms with E-state index in [2.05, 4.69) is 5.16 Å². The van der Waals surface area contributed by atoms with E-state index in [0.717, 1.165) is 0 Å². The number of hydrogen-bond donors (Lipinski definition) is 0. The molecule has 1 aromatic heterocycles. The second-order valence-electron chi connectivity index (χ2n) is 6.80. The number of carbonyl (C=O) groups excluding carboxylic acids is 1. The molecule has 8 nitrogen and oxygen atoms in total. The molecule has 9 heteroatoms. The van der Waals surface area contributed by atoms with Crippen LogP contribution >= 0.6 is 0 Å². The molecule has 2 heterocycles. The molecule has 1 saturated heterocycles. The summed E-state index contributed by atoms with van der Waals surface area (Å²) in [6.45, 7) is 9.27. The van der Waals surface area contributed by atoms with E-state index in [-0.39, 0.29) is 23.4 Å². The van der Waals surface area contributed by atoms with Gasteiger partial charge in [0.2, 0.25) is 15.9 Å². The fraction of sp³-hybridized carbons (Fsp3) is 0.750. The first-order valence-electron chi connectivity index (χ1n) is 8.55. The molecule has 0 radical (unpaired) electrons. The lowest BCUT2D eigenvalue weighted by atomic mass is 10.3. The minimum absolute atomic E-state index is 0.0350. The van der Waals surface area contributed by atoms with Gasteiger partial charge in [-0.2, -0.15) is 4.31 Å². The van der Waals surface area contributed by atoms with Gasteiger partial charge in [-0.25, -0.2) is 8.42 Å². The van der Waals surface area contributed by atoms with Crippen LogP contribution in [-0.2, 0) is 14.8 Å². The van der Waals surface area contributed by atoms with Crippen LogP contribution in [0, 0.1) is 13.8 Å². The second kappa shape index (κ2) is 7.84. The van der Waals surface area contributed by atoms with Crippen molar-refractivity contribution in [1.82, 2.24) is 19.3 Å². The van der Waals surface area contributed by atoms with Crippen molar-refractivity contribution in [1.29, 1.82) is 0 Å². The lowest BCUT2D eigenvalue weighted by Crippen LogP contribution is -2.43. The fourth-order valence-electron chi connectivity index (χ4n) is 2.85. The Morgan fingerprint density at radius 3 is 2.48 bits per heavy atom. The number of likely N-dealkylation sites (N-methyl/N-ethyl adjacent to an activating group) is 1. The van der Waals surface area contributed by atoms with Crippen LogP contribution in [0.25, 0.3) is 0 Å². The van der Waals surface area contributed by atoms with E-state index in [0.29, 0.717) is 44.1 Å². The number of hydrogen-bond acceptors (Lipinski definition) is 6. The minimum atomic E-state index is -3.66. The number of rotatable bonds is 5. The van der Waals surface area contributed by atoms with Crippen LogP contribution in [0.4, 0.5) is 0 Å². The smallest absolute Gasteiger partial charge is 0.248 e. The zero-order valence-electron chi connectivity index (χ0n) is 15.7. The Morgan fingerprint density at radius 1 is 1.24 bits per heavy atom. The fourth-order valence-corrected chi connectivity index (χ4v) is 4.61. The minimum Gasteiger partial charge on any atom is -0.360 e. The first kappa shape index (κ1) is 19.9. The zero-order valence-corrected chi connectivity index (χ0v) is 16.5. The van der Waals surface area contributed by atoms with Gasteiger partial charge < -0.3 is 9.42 Å². The standard InChI is InChI=1S/C16H28N4O4S/c1-12(2)18(5)11-15(21)19-7-6-8-20(10-9-19)25(22,23)16-13(3)17-24-14(16)4/h12H,6-11H2,1-5H3. The van der Waals surface area contributed by atoms with Gasteiger partial charge in [0.1, 0.15) is 10.6 Å². The van der Waals surface area contributed by atoms with Crippen molar-refractivity contribution < 1.29 is 17.7 Å². The largest absolute Gasteiger partial charge is 0.360 e. The molecule has 0 atom stereocenters. The molecular formula is C16H28N4O4S. The highest BCUT2D eigenvalue weighted by Gasteiger charge is 2.33. The van der Waals surface area contributed by atoms with Gasteiger partial charge in [-0.15, -0.1) is 0 Å². The van der Waals surface area contributed by atoms with Gasteiger partial charge in [-0.1, -0.05) is 5.16 Å². The van der Waals surface area contributed by atoms with Crippen LogP contribution in [-0.4, -0.2) is 79.4 Å². The van der Waals surface area contributed by atoms with E-state index in [9.17, 15) is 13.2 Å². The number of sulfonamides is 1. The SMILES string of the molecule is Cc1noc(C)c1S(=O)(=O)N1CCCN(C(=O)CN(C)C(C)C)CC1. The van der Waals surface area contributed by atoms with E-state index in [1.807, 2.05) is 25.8 Å². The third-order valence-electron chi connectivity index (χ3n) is 4.64. The van der Waals surface area contributed by atoms with Crippen LogP contribution < -0.4 is 0 Å². The molecule has 0 unspecified atom stereocenters. The topological polar surface area (TPSA) is 87.0 Å². The van der Waals surface area contributed by atoms with Crippen molar-refractivity contribution in [2.45, 2.75) is 45.1 Å². The number of amides is 1. The summed E-state index contributed by atoms with van der Waals surface area (Å²) in [5.41, 5.74) is 0.369. The molecule has 0 N–H and O–H groups in total. The predicted octanol–water partition coefficient (Wildman–Crippen LogP) is 0.855. The monoisotopic (exact) mass is 372 g/mol. The summed E-state index contributed by atoms with van der Waals surface area (Å²) in [5.74, 6) is 0.334. The highest BCUT2D eigenvalue weighted by atomic mass is 32.2. The van der Waals surface area contributed by atoms with E-state index in [1.54, 1.807) is 18.7 Å². The Morgan fingerprint density at radius 2 is 1.92 bits per heavy atom. The Hall–Kier alpha value is -1.45. The molecule has 0 saturated carbocycles. The molecule has 0 bridgehead atoms. The van der Waals surface area contributed by atoms with Gasteiger partial charge in [-0.05, 0) is 41.2 Å². The lowest BCUT2D eigenvalue weighted by molar-refractivity contribution is -0.132. The Kier molecular flexibility index (Phi) is 6.23. The van der Waals surface area contributed by atoms with Crippen LogP contribution in [0.3, 0.4) is 0 Å². The maximum Gasteiger partial charge on any atom is 0.248 e. The molecule has 1 fully saturated rings. The average molecular weight is 372 g/mol. The quantitative estimate of drug-likeness (QED) is 0.762. The summed E-state index contributed by atoms with van der Waals surface area (Å²) >= 11 is 0. The van der Waals surface area contributed by atoms with Gasteiger partial charge in [-0.3, -0.25) is 9.69 Å². The highest BCUT2D eigenvalue weighted by molar-refractivity contribution is 7.89. The van der Waals surface area contributed by atoms with Crippen molar-refractivity contribution in [3.8, 4) is 0 Å². The maximum absolute atomic E-state index is 12.9. The zero-order chi connectivity index (χ0) is 18.8. The Labute approximate surface area is 149 Å². The molecule has 2 rings (SSSR count). The van der Waals surface area contributed by atoms with Crippen LogP contribution in [0.15, 0.2) is 9.42 Å². The summed E-state index contributed by atoms with van der Waals surface area (Å²) in [6, 6.07) is 0.285. The van der Waals surface area contributed by atoms with Gasteiger partial charge in [0.05, 0.1) is 6.54 Å². The molecule has 1 aliphatic heterocycles. The molecule has 1 aliphatic rings. The predicted molar refractivity (Wildman–Crippen MR) is 93.7 cm³/mol. The van der Waals surface area contributed by atoms with Gasteiger partial charge in [0.15, 0.2) is 5.76 Å². The summed E-state index contributed by atoms with van der Waals surface area (Å²) in [4.78, 5) is 16.3. The summed E-state index contributed by atoms with van der Waals surface area (Å²) in [5, 5.41) is 3.74. The van der Waals surface area contributed by atoms with E-state index < -0.39 is 10.0 Å². The number of nitrogens with zero attached hydrogens (tertiary/aromatic N) is 4. The van der Waals surface area contributed by atoms with E-state index in [1.165, 1.54) is 4.31 Å². The summed E-state index contributed by atoms with van der Waals surface area (Å²) in [7, 11) is -1.75. The third kappa shape index (κ3) is 4.39. The summed E-state index contributed by atoms with van der Waals surface area (Å²) < 4.78 is 32.2. The Balaban J connectivity index is 2.07. The number of carbonyl (C=O) groups is 1. The first-order chi connectivity index (χ1) is 11.6.